The van der Waals surface area contributed by atoms with Crippen molar-refractivity contribution in [3.8, 4) is 0 Å². The van der Waals surface area contributed by atoms with Crippen molar-refractivity contribution in [2.24, 2.45) is 0 Å². The van der Waals surface area contributed by atoms with Gasteiger partial charge in [0.2, 0.25) is 5.82 Å². The Bertz CT molecular complexity index is 377. The van der Waals surface area contributed by atoms with Gasteiger partial charge in [-0.15, -0.1) is 0 Å². The van der Waals surface area contributed by atoms with Crippen LogP contribution in [0.5, 0.6) is 0 Å². The number of pyridine rings is 1. The average Bonchev–Trinajstić information content (AvgIpc) is 2.31. The lowest BCUT2D eigenvalue weighted by atomic mass is 10.1. The largest absolute Gasteiger partial charge is 0.379 e. The highest BCUT2D eigenvalue weighted by molar-refractivity contribution is 5.55. The molecule has 0 aliphatic carbocycles. The second-order valence-electron chi connectivity index (χ2n) is 3.69. The number of aromatic nitrogens is 1. The summed E-state index contributed by atoms with van der Waals surface area (Å²) in [7, 11) is 0. The van der Waals surface area contributed by atoms with Crippen molar-refractivity contribution in [1.82, 2.24) is 4.98 Å². The van der Waals surface area contributed by atoms with E-state index < -0.39 is 4.92 Å². The van der Waals surface area contributed by atoms with Gasteiger partial charge in [0.15, 0.2) is 0 Å². The summed E-state index contributed by atoms with van der Waals surface area (Å²) in [4.78, 5) is 14.3. The van der Waals surface area contributed by atoms with E-state index >= 15 is 0 Å². The van der Waals surface area contributed by atoms with Gasteiger partial charge in [0, 0.05) is 18.9 Å². The van der Waals surface area contributed by atoms with E-state index in [1.54, 1.807) is 12.3 Å². The summed E-state index contributed by atoms with van der Waals surface area (Å²) >= 11 is 0. The predicted octanol–water partition coefficient (Wildman–Crippen LogP) is 1.58. The van der Waals surface area contributed by atoms with Gasteiger partial charge in [-0.1, -0.05) is 0 Å². The molecule has 2 heterocycles. The fraction of sp³-hybridized carbons (Fsp3) is 0.500. The molecule has 0 bridgehead atoms. The van der Waals surface area contributed by atoms with Gasteiger partial charge in [0.1, 0.15) is 0 Å². The Balaban J connectivity index is 2.10. The molecule has 1 fully saturated rings. The molecular formula is C10H13N3O3. The van der Waals surface area contributed by atoms with Crippen LogP contribution in [0.3, 0.4) is 0 Å². The Kier molecular flexibility index (Phi) is 3.31. The first-order chi connectivity index (χ1) is 7.77. The number of hydrogen-bond donors (Lipinski definition) is 1. The molecule has 1 saturated heterocycles. The monoisotopic (exact) mass is 223 g/mol. The molecule has 6 nitrogen and oxygen atoms in total. The lowest BCUT2D eigenvalue weighted by molar-refractivity contribution is -0.384. The zero-order valence-electron chi connectivity index (χ0n) is 8.76. The van der Waals surface area contributed by atoms with Crippen molar-refractivity contribution in [3.05, 3.63) is 28.4 Å². The molecule has 1 aliphatic heterocycles. The normalized spacial score (nSPS) is 20.4. The smallest absolute Gasteiger partial charge is 0.311 e. The van der Waals surface area contributed by atoms with Crippen LogP contribution in [-0.4, -0.2) is 29.2 Å². The highest BCUT2D eigenvalue weighted by atomic mass is 16.6. The summed E-state index contributed by atoms with van der Waals surface area (Å²) in [6.45, 7) is 1.34. The molecule has 16 heavy (non-hydrogen) atoms. The minimum Gasteiger partial charge on any atom is -0.379 e. The van der Waals surface area contributed by atoms with Crippen LogP contribution < -0.4 is 5.32 Å². The van der Waals surface area contributed by atoms with Crippen LogP contribution in [0.4, 0.5) is 11.5 Å². The summed E-state index contributed by atoms with van der Waals surface area (Å²) < 4.78 is 5.29. The van der Waals surface area contributed by atoms with Crippen LogP contribution in [0.1, 0.15) is 12.8 Å². The Morgan fingerprint density at radius 1 is 1.62 bits per heavy atom. The summed E-state index contributed by atoms with van der Waals surface area (Å²) in [6.07, 6.45) is 3.46. The predicted molar refractivity (Wildman–Crippen MR) is 58.4 cm³/mol. The Morgan fingerprint density at radius 2 is 2.50 bits per heavy atom. The van der Waals surface area contributed by atoms with E-state index in [9.17, 15) is 10.1 Å². The van der Waals surface area contributed by atoms with Crippen LogP contribution >= 0.6 is 0 Å². The van der Waals surface area contributed by atoms with Crippen LogP contribution in [0.15, 0.2) is 18.3 Å². The van der Waals surface area contributed by atoms with Crippen LogP contribution in [0, 0.1) is 10.1 Å². The van der Waals surface area contributed by atoms with Crippen molar-refractivity contribution >= 4 is 11.5 Å². The number of hydrogen-bond acceptors (Lipinski definition) is 5. The van der Waals surface area contributed by atoms with E-state index in [2.05, 4.69) is 10.3 Å². The third-order valence-corrected chi connectivity index (χ3v) is 2.48. The van der Waals surface area contributed by atoms with Gasteiger partial charge in [0.05, 0.1) is 17.6 Å². The fourth-order valence-electron chi connectivity index (χ4n) is 1.70. The van der Waals surface area contributed by atoms with E-state index in [-0.39, 0.29) is 11.7 Å². The fourth-order valence-corrected chi connectivity index (χ4v) is 1.70. The van der Waals surface area contributed by atoms with Crippen LogP contribution in [-0.2, 0) is 4.74 Å². The first kappa shape index (κ1) is 10.8. The maximum atomic E-state index is 10.8. The molecule has 1 aromatic heterocycles. The Morgan fingerprint density at radius 3 is 3.19 bits per heavy atom. The molecule has 0 saturated carbocycles. The lowest BCUT2D eigenvalue weighted by Crippen LogP contribution is -2.30. The van der Waals surface area contributed by atoms with Crippen molar-refractivity contribution in [1.29, 1.82) is 0 Å². The Hall–Kier alpha value is -1.69. The van der Waals surface area contributed by atoms with Crippen molar-refractivity contribution in [3.63, 3.8) is 0 Å². The van der Waals surface area contributed by atoms with Gasteiger partial charge in [-0.05, 0) is 18.9 Å². The van der Waals surface area contributed by atoms with E-state index in [0.29, 0.717) is 12.4 Å². The second-order valence-corrected chi connectivity index (χ2v) is 3.69. The molecule has 1 aromatic rings. The molecule has 86 valence electrons. The molecule has 1 N–H and O–H groups in total. The van der Waals surface area contributed by atoms with Gasteiger partial charge in [0.25, 0.3) is 0 Å². The third kappa shape index (κ3) is 2.46. The van der Waals surface area contributed by atoms with Crippen LogP contribution in [0.25, 0.3) is 0 Å². The summed E-state index contributed by atoms with van der Waals surface area (Å²) in [5.41, 5.74) is 0.00748. The molecule has 0 amide bonds. The summed E-state index contributed by atoms with van der Waals surface area (Å²) in [5, 5.41) is 13.8. The van der Waals surface area contributed by atoms with Crippen molar-refractivity contribution in [2.75, 3.05) is 18.5 Å². The SMILES string of the molecule is O=[N+]([O-])c1cccnc1NC1CCCOC1. The zero-order valence-corrected chi connectivity index (χ0v) is 8.76. The highest BCUT2D eigenvalue weighted by Gasteiger charge is 2.19. The molecule has 1 atom stereocenters. The molecule has 6 heteroatoms. The molecule has 0 radical (unpaired) electrons. The van der Waals surface area contributed by atoms with Gasteiger partial charge >= 0.3 is 5.69 Å². The molecule has 0 aromatic carbocycles. The van der Waals surface area contributed by atoms with Gasteiger partial charge in [-0.3, -0.25) is 10.1 Å². The Labute approximate surface area is 92.8 Å². The number of nitro groups is 1. The maximum absolute atomic E-state index is 10.8. The quantitative estimate of drug-likeness (QED) is 0.621. The number of ether oxygens (including phenoxy) is 1. The molecule has 2 rings (SSSR count). The van der Waals surface area contributed by atoms with Crippen molar-refractivity contribution in [2.45, 2.75) is 18.9 Å². The number of rotatable bonds is 3. The average molecular weight is 223 g/mol. The molecule has 1 aliphatic rings. The standard InChI is InChI=1S/C10H13N3O3/c14-13(15)9-4-1-5-11-10(9)12-8-3-2-6-16-7-8/h1,4-5,8H,2-3,6-7H2,(H,11,12). The van der Waals surface area contributed by atoms with E-state index in [1.165, 1.54) is 6.07 Å². The summed E-state index contributed by atoms with van der Waals surface area (Å²) in [5.74, 6) is 0.322. The molecule has 1 unspecified atom stereocenters. The second kappa shape index (κ2) is 4.89. The van der Waals surface area contributed by atoms with E-state index in [1.807, 2.05) is 0 Å². The number of nitrogens with one attached hydrogen (secondary N) is 1. The lowest BCUT2D eigenvalue weighted by Gasteiger charge is -2.23. The maximum Gasteiger partial charge on any atom is 0.311 e. The summed E-state index contributed by atoms with van der Waals surface area (Å²) in [6, 6.07) is 3.11. The van der Waals surface area contributed by atoms with Gasteiger partial charge < -0.3 is 10.1 Å². The van der Waals surface area contributed by atoms with Crippen molar-refractivity contribution < 1.29 is 9.66 Å². The zero-order chi connectivity index (χ0) is 11.4. The van der Waals surface area contributed by atoms with Gasteiger partial charge in [-0.2, -0.15) is 0 Å². The first-order valence-corrected chi connectivity index (χ1v) is 5.21. The minimum atomic E-state index is -0.432. The van der Waals surface area contributed by atoms with Crippen LogP contribution in [0.2, 0.25) is 0 Å². The molecular weight excluding hydrogens is 210 g/mol. The first-order valence-electron chi connectivity index (χ1n) is 5.21. The van der Waals surface area contributed by atoms with E-state index in [0.717, 1.165) is 19.4 Å². The topological polar surface area (TPSA) is 77.3 Å². The van der Waals surface area contributed by atoms with E-state index in [4.69, 9.17) is 4.74 Å². The number of anilines is 1. The third-order valence-electron chi connectivity index (χ3n) is 2.48. The number of nitrogens with zero attached hydrogens (tertiary/aromatic N) is 2. The molecule has 0 spiro atoms. The minimum absolute atomic E-state index is 0.00748. The highest BCUT2D eigenvalue weighted by Crippen LogP contribution is 2.22. The van der Waals surface area contributed by atoms with Gasteiger partial charge in [-0.25, -0.2) is 4.98 Å².